The number of oxazole rings is 1. The van der Waals surface area contributed by atoms with Crippen molar-refractivity contribution in [2.45, 2.75) is 6.92 Å². The van der Waals surface area contributed by atoms with Crippen LogP contribution in [0, 0.1) is 6.92 Å². The number of aromatic nitrogens is 3. The number of rotatable bonds is 3. The minimum absolute atomic E-state index is 0.135. The van der Waals surface area contributed by atoms with Crippen LogP contribution in [0.4, 0.5) is 5.82 Å². The number of hydrogen-bond acceptors (Lipinski definition) is 5. The van der Waals surface area contributed by atoms with Gasteiger partial charge in [0.1, 0.15) is 11.6 Å². The zero-order valence-corrected chi connectivity index (χ0v) is 16.7. The van der Waals surface area contributed by atoms with E-state index in [-0.39, 0.29) is 5.76 Å². The Morgan fingerprint density at radius 1 is 1.17 bits per heavy atom. The van der Waals surface area contributed by atoms with Gasteiger partial charge in [0, 0.05) is 18.8 Å². The fraction of sp³-hybridized carbons (Fsp3) is 0.0952. The van der Waals surface area contributed by atoms with Gasteiger partial charge >= 0.3 is 5.76 Å². The zero-order valence-electron chi connectivity index (χ0n) is 16.0. The first-order valence-electron chi connectivity index (χ1n) is 9.06. The lowest BCUT2D eigenvalue weighted by atomic mass is 10.1. The molecule has 9 heteroatoms. The SMILES string of the molecule is Cc1nc2c(Cl)cccn2c1NC(=O)c1ccc(-c2ccc3c(c2)oc(=O)n3C)o1. The molecule has 1 amide bonds. The molecule has 0 saturated heterocycles. The normalized spacial score (nSPS) is 11.4. The maximum Gasteiger partial charge on any atom is 0.419 e. The first-order valence-corrected chi connectivity index (χ1v) is 9.44. The van der Waals surface area contributed by atoms with Gasteiger partial charge in [-0.3, -0.25) is 13.8 Å². The Hall–Kier alpha value is -3.78. The molecule has 5 aromatic rings. The molecule has 8 nitrogen and oxygen atoms in total. The summed E-state index contributed by atoms with van der Waals surface area (Å²) in [5.74, 6) is 0.272. The van der Waals surface area contributed by atoms with Crippen LogP contribution in [0.1, 0.15) is 16.2 Å². The lowest BCUT2D eigenvalue weighted by Crippen LogP contribution is -2.13. The van der Waals surface area contributed by atoms with Crippen molar-refractivity contribution in [3.8, 4) is 11.3 Å². The molecule has 0 radical (unpaired) electrons. The fourth-order valence-corrected chi connectivity index (χ4v) is 3.58. The van der Waals surface area contributed by atoms with Gasteiger partial charge in [0.25, 0.3) is 5.91 Å². The number of furan rings is 1. The van der Waals surface area contributed by atoms with Crippen molar-refractivity contribution < 1.29 is 13.6 Å². The Morgan fingerprint density at radius 3 is 2.83 bits per heavy atom. The van der Waals surface area contributed by atoms with Crippen LogP contribution < -0.4 is 11.1 Å². The van der Waals surface area contributed by atoms with Crippen molar-refractivity contribution in [1.29, 1.82) is 0 Å². The van der Waals surface area contributed by atoms with Crippen LogP contribution in [0.25, 0.3) is 28.1 Å². The first-order chi connectivity index (χ1) is 14.4. The van der Waals surface area contributed by atoms with Crippen LogP contribution in [0.3, 0.4) is 0 Å². The molecule has 0 bridgehead atoms. The summed E-state index contributed by atoms with van der Waals surface area (Å²) in [7, 11) is 1.64. The molecule has 0 fully saturated rings. The highest BCUT2D eigenvalue weighted by atomic mass is 35.5. The molecule has 0 unspecified atom stereocenters. The van der Waals surface area contributed by atoms with E-state index in [4.69, 9.17) is 20.4 Å². The van der Waals surface area contributed by atoms with Crippen LogP contribution in [-0.2, 0) is 7.05 Å². The number of hydrogen-bond donors (Lipinski definition) is 1. The summed E-state index contributed by atoms with van der Waals surface area (Å²) in [5, 5.41) is 3.32. The number of carbonyl (C=O) groups is 1. The maximum absolute atomic E-state index is 12.8. The second-order valence-corrected chi connectivity index (χ2v) is 7.23. The topological polar surface area (TPSA) is 94.7 Å². The fourth-order valence-electron chi connectivity index (χ4n) is 3.37. The number of fused-ring (bicyclic) bond motifs is 2. The number of amides is 1. The summed E-state index contributed by atoms with van der Waals surface area (Å²) in [5.41, 5.74) is 3.00. The number of benzene rings is 1. The van der Waals surface area contributed by atoms with E-state index in [1.807, 2.05) is 0 Å². The molecule has 1 aromatic carbocycles. The van der Waals surface area contributed by atoms with Gasteiger partial charge in [-0.1, -0.05) is 11.6 Å². The molecule has 0 saturated carbocycles. The molecule has 30 heavy (non-hydrogen) atoms. The van der Waals surface area contributed by atoms with Gasteiger partial charge in [-0.05, 0) is 49.4 Å². The standard InChI is InChI=1S/C21H15ClN4O4/c1-11-18(26-9-3-4-13(22)19(26)23-11)24-20(27)16-8-7-15(29-16)12-5-6-14-17(10-12)30-21(28)25(14)2/h3-10H,1-2H3,(H,24,27). The molecule has 4 aromatic heterocycles. The molecule has 0 aliphatic carbocycles. The first kappa shape index (κ1) is 18.3. The molecule has 0 aliphatic heterocycles. The number of aryl methyl sites for hydroxylation is 2. The number of pyridine rings is 1. The van der Waals surface area contributed by atoms with Gasteiger partial charge in [0.05, 0.1) is 16.2 Å². The number of imidazole rings is 1. The smallest absolute Gasteiger partial charge is 0.419 e. The summed E-state index contributed by atoms with van der Waals surface area (Å²) >= 11 is 6.18. The molecule has 0 aliphatic rings. The summed E-state index contributed by atoms with van der Waals surface area (Å²) in [4.78, 5) is 28.8. The van der Waals surface area contributed by atoms with Crippen molar-refractivity contribution in [3.05, 3.63) is 75.7 Å². The van der Waals surface area contributed by atoms with Crippen molar-refractivity contribution >= 4 is 40.1 Å². The van der Waals surface area contributed by atoms with E-state index in [2.05, 4.69) is 10.3 Å². The number of halogens is 1. The Kier molecular flexibility index (Phi) is 4.04. The molecule has 150 valence electrons. The van der Waals surface area contributed by atoms with Crippen molar-refractivity contribution in [1.82, 2.24) is 14.0 Å². The molecule has 5 rings (SSSR count). The third-order valence-corrected chi connectivity index (χ3v) is 5.21. The van der Waals surface area contributed by atoms with E-state index in [0.717, 1.165) is 0 Å². The van der Waals surface area contributed by atoms with Crippen molar-refractivity contribution in [3.63, 3.8) is 0 Å². The van der Waals surface area contributed by atoms with Crippen molar-refractivity contribution in [2.75, 3.05) is 5.32 Å². The van der Waals surface area contributed by atoms with Crippen LogP contribution >= 0.6 is 11.6 Å². The van der Waals surface area contributed by atoms with E-state index in [1.165, 1.54) is 4.57 Å². The van der Waals surface area contributed by atoms with E-state index in [0.29, 0.717) is 44.6 Å². The quantitative estimate of drug-likeness (QED) is 0.469. The van der Waals surface area contributed by atoms with Gasteiger partial charge < -0.3 is 14.2 Å². The van der Waals surface area contributed by atoms with Crippen molar-refractivity contribution in [2.24, 2.45) is 7.05 Å². The van der Waals surface area contributed by atoms with Crippen LogP contribution in [0.5, 0.6) is 0 Å². The maximum atomic E-state index is 12.8. The molecule has 0 atom stereocenters. The second kappa shape index (κ2) is 6.64. The highest BCUT2D eigenvalue weighted by Crippen LogP contribution is 2.27. The average molecular weight is 423 g/mol. The third kappa shape index (κ3) is 2.81. The molecular formula is C21H15ClN4O4. The van der Waals surface area contributed by atoms with E-state index in [9.17, 15) is 9.59 Å². The number of nitrogens with zero attached hydrogens (tertiary/aromatic N) is 3. The Bertz CT molecular complexity index is 1500. The molecular weight excluding hydrogens is 408 g/mol. The highest BCUT2D eigenvalue weighted by Gasteiger charge is 2.18. The molecule has 1 N–H and O–H groups in total. The largest absolute Gasteiger partial charge is 0.451 e. The molecule has 4 heterocycles. The average Bonchev–Trinajstić information content (AvgIpc) is 3.41. The van der Waals surface area contributed by atoms with Gasteiger partial charge in [0.2, 0.25) is 0 Å². The second-order valence-electron chi connectivity index (χ2n) is 6.82. The van der Waals surface area contributed by atoms with E-state index >= 15 is 0 Å². The van der Waals surface area contributed by atoms with Crippen LogP contribution in [0.15, 0.2) is 62.3 Å². The summed E-state index contributed by atoms with van der Waals surface area (Å²) < 4.78 is 14.1. The molecule has 0 spiro atoms. The van der Waals surface area contributed by atoms with Gasteiger partial charge in [0.15, 0.2) is 17.0 Å². The highest BCUT2D eigenvalue weighted by molar-refractivity contribution is 6.33. The summed E-state index contributed by atoms with van der Waals surface area (Å²) in [6.45, 7) is 1.79. The minimum Gasteiger partial charge on any atom is -0.451 e. The van der Waals surface area contributed by atoms with E-state index in [1.54, 1.807) is 67.0 Å². The van der Waals surface area contributed by atoms with Crippen LogP contribution in [-0.4, -0.2) is 19.9 Å². The summed E-state index contributed by atoms with van der Waals surface area (Å²) in [6, 6.07) is 12.1. The predicted octanol–water partition coefficient (Wildman–Crippen LogP) is 4.25. The number of anilines is 1. The Morgan fingerprint density at radius 2 is 2.00 bits per heavy atom. The monoisotopic (exact) mass is 422 g/mol. The lowest BCUT2D eigenvalue weighted by molar-refractivity contribution is 0.0997. The number of nitrogens with one attached hydrogen (secondary N) is 1. The predicted molar refractivity (Wildman–Crippen MR) is 112 cm³/mol. The Labute approximate surface area is 174 Å². The van der Waals surface area contributed by atoms with E-state index < -0.39 is 11.7 Å². The summed E-state index contributed by atoms with van der Waals surface area (Å²) in [6.07, 6.45) is 1.77. The number of carbonyl (C=O) groups excluding carboxylic acids is 1. The van der Waals surface area contributed by atoms with Gasteiger partial charge in [-0.2, -0.15) is 0 Å². The Balaban J connectivity index is 1.46. The van der Waals surface area contributed by atoms with Crippen LogP contribution in [0.2, 0.25) is 5.02 Å². The third-order valence-electron chi connectivity index (χ3n) is 4.92. The minimum atomic E-state index is -0.440. The lowest BCUT2D eigenvalue weighted by Gasteiger charge is -2.05. The zero-order chi connectivity index (χ0) is 21.0. The van der Waals surface area contributed by atoms with Gasteiger partial charge in [-0.25, -0.2) is 9.78 Å². The van der Waals surface area contributed by atoms with Gasteiger partial charge in [-0.15, -0.1) is 0 Å².